The average Bonchev–Trinajstić information content (AvgIpc) is 3.54. The van der Waals surface area contributed by atoms with E-state index < -0.39 is 0 Å². The van der Waals surface area contributed by atoms with E-state index in [2.05, 4.69) is 25.9 Å². The molecular formula is C21H18N8OS. The second-order valence-corrected chi connectivity index (χ2v) is 8.16. The largest absolute Gasteiger partial charge is 0.322 e. The normalized spacial score (nSPS) is 11.3. The number of thiophene rings is 1. The molecule has 0 aliphatic heterocycles. The van der Waals surface area contributed by atoms with Gasteiger partial charge in [0.05, 0.1) is 33.4 Å². The number of nitrogens with zero attached hydrogens (tertiary/aromatic N) is 7. The quantitative estimate of drug-likeness (QED) is 0.453. The van der Waals surface area contributed by atoms with Gasteiger partial charge in [0.15, 0.2) is 5.65 Å². The molecule has 0 fully saturated rings. The number of anilines is 1. The van der Waals surface area contributed by atoms with E-state index in [0.29, 0.717) is 22.3 Å². The highest BCUT2D eigenvalue weighted by Gasteiger charge is 2.19. The summed E-state index contributed by atoms with van der Waals surface area (Å²) in [6.45, 7) is 4.08. The van der Waals surface area contributed by atoms with E-state index in [4.69, 9.17) is 4.98 Å². The van der Waals surface area contributed by atoms with Crippen molar-refractivity contribution in [2.24, 2.45) is 0 Å². The van der Waals surface area contributed by atoms with Gasteiger partial charge < -0.3 is 5.32 Å². The molecule has 0 unspecified atom stereocenters. The summed E-state index contributed by atoms with van der Waals surface area (Å²) in [5.41, 5.74) is 3.34. The lowest BCUT2D eigenvalue weighted by Gasteiger charge is -2.11. The monoisotopic (exact) mass is 430 g/mol. The summed E-state index contributed by atoms with van der Waals surface area (Å²) in [5.74, 6) is -0.234. The minimum Gasteiger partial charge on any atom is -0.322 e. The maximum Gasteiger partial charge on any atom is 0.256 e. The first-order chi connectivity index (χ1) is 15.1. The maximum atomic E-state index is 13.3. The minimum atomic E-state index is -0.234. The fourth-order valence-electron chi connectivity index (χ4n) is 3.34. The summed E-state index contributed by atoms with van der Waals surface area (Å²) in [4.78, 5) is 19.1. The van der Waals surface area contributed by atoms with Gasteiger partial charge >= 0.3 is 0 Å². The molecule has 31 heavy (non-hydrogen) atoms. The van der Waals surface area contributed by atoms with Crippen LogP contribution in [0.4, 0.5) is 5.69 Å². The van der Waals surface area contributed by atoms with Gasteiger partial charge in [0.1, 0.15) is 6.33 Å². The Bertz CT molecular complexity index is 1360. The summed E-state index contributed by atoms with van der Waals surface area (Å²) in [7, 11) is 0. The Balaban J connectivity index is 1.56. The summed E-state index contributed by atoms with van der Waals surface area (Å²) in [6.07, 6.45) is 3.20. The summed E-state index contributed by atoms with van der Waals surface area (Å²) < 4.78 is 3.36. The molecule has 0 spiro atoms. The Kier molecular flexibility index (Phi) is 4.75. The van der Waals surface area contributed by atoms with Gasteiger partial charge in [-0.3, -0.25) is 4.79 Å². The third-order valence-electron chi connectivity index (χ3n) is 4.79. The van der Waals surface area contributed by atoms with E-state index in [0.717, 1.165) is 16.3 Å². The molecule has 4 heterocycles. The van der Waals surface area contributed by atoms with Crippen LogP contribution in [0, 0.1) is 0 Å². The van der Waals surface area contributed by atoms with Crippen molar-refractivity contribution in [2.75, 3.05) is 5.32 Å². The molecule has 1 N–H and O–H groups in total. The van der Waals surface area contributed by atoms with Gasteiger partial charge in [-0.2, -0.15) is 5.10 Å². The smallest absolute Gasteiger partial charge is 0.256 e. The van der Waals surface area contributed by atoms with Gasteiger partial charge in [0.2, 0.25) is 0 Å². The molecule has 0 aliphatic carbocycles. The van der Waals surface area contributed by atoms with Gasteiger partial charge in [0.25, 0.3) is 5.91 Å². The number of amides is 1. The van der Waals surface area contributed by atoms with Crippen molar-refractivity contribution >= 4 is 34.0 Å². The number of aromatic nitrogens is 7. The molecule has 5 rings (SSSR count). The fraction of sp³-hybridized carbons (Fsp3) is 0.143. The van der Waals surface area contributed by atoms with Crippen LogP contribution in [0.15, 0.2) is 60.4 Å². The van der Waals surface area contributed by atoms with Crippen LogP contribution in [-0.2, 0) is 0 Å². The lowest BCUT2D eigenvalue weighted by Crippen LogP contribution is -2.13. The van der Waals surface area contributed by atoms with E-state index in [9.17, 15) is 4.79 Å². The predicted molar refractivity (Wildman–Crippen MR) is 118 cm³/mol. The van der Waals surface area contributed by atoms with E-state index >= 15 is 0 Å². The summed E-state index contributed by atoms with van der Waals surface area (Å²) >= 11 is 1.58. The summed E-state index contributed by atoms with van der Waals surface area (Å²) in [6, 6.07) is 13.2. The van der Waals surface area contributed by atoms with Crippen molar-refractivity contribution in [3.63, 3.8) is 0 Å². The molecule has 1 aromatic carbocycles. The third-order valence-corrected chi connectivity index (χ3v) is 5.68. The zero-order chi connectivity index (χ0) is 21.4. The molecule has 0 saturated carbocycles. The molecule has 5 aromatic rings. The molecule has 1 amide bonds. The van der Waals surface area contributed by atoms with Crippen molar-refractivity contribution in [1.82, 2.24) is 35.0 Å². The first-order valence-electron chi connectivity index (χ1n) is 9.67. The number of hydrogen-bond donors (Lipinski definition) is 1. The highest BCUT2D eigenvalue weighted by atomic mass is 32.1. The topological polar surface area (TPSA) is 103 Å². The number of hydrogen-bond acceptors (Lipinski definition) is 7. The second kappa shape index (κ2) is 7.73. The van der Waals surface area contributed by atoms with Crippen molar-refractivity contribution in [3.05, 3.63) is 65.9 Å². The average molecular weight is 430 g/mol. The molecule has 0 radical (unpaired) electrons. The zero-order valence-electron chi connectivity index (χ0n) is 16.8. The molecule has 9 nitrogen and oxygen atoms in total. The summed E-state index contributed by atoms with van der Waals surface area (Å²) in [5, 5.41) is 21.3. The number of rotatable bonds is 5. The number of pyridine rings is 1. The van der Waals surface area contributed by atoms with Crippen LogP contribution in [0.5, 0.6) is 0 Å². The number of carbonyl (C=O) groups is 1. The van der Waals surface area contributed by atoms with Gasteiger partial charge in [-0.1, -0.05) is 12.1 Å². The van der Waals surface area contributed by atoms with E-state index in [-0.39, 0.29) is 11.9 Å². The van der Waals surface area contributed by atoms with Crippen molar-refractivity contribution < 1.29 is 4.79 Å². The first kappa shape index (κ1) is 19.1. The van der Waals surface area contributed by atoms with Crippen molar-refractivity contribution in [1.29, 1.82) is 0 Å². The van der Waals surface area contributed by atoms with E-state index in [1.54, 1.807) is 17.5 Å². The highest BCUT2D eigenvalue weighted by Crippen LogP contribution is 2.29. The number of benzene rings is 1. The van der Waals surface area contributed by atoms with Crippen LogP contribution in [0.3, 0.4) is 0 Å². The van der Waals surface area contributed by atoms with E-state index in [1.807, 2.05) is 66.4 Å². The number of carbonyl (C=O) groups excluding carboxylic acids is 1. The van der Waals surface area contributed by atoms with Gasteiger partial charge in [-0.05, 0) is 60.0 Å². The van der Waals surface area contributed by atoms with Gasteiger partial charge in [0, 0.05) is 11.7 Å². The van der Waals surface area contributed by atoms with Gasteiger partial charge in [-0.15, -0.1) is 16.4 Å². The number of tetrazole rings is 1. The zero-order valence-corrected chi connectivity index (χ0v) is 17.6. The Morgan fingerprint density at radius 1 is 1.16 bits per heavy atom. The molecule has 0 saturated heterocycles. The third kappa shape index (κ3) is 3.57. The molecule has 0 bridgehead atoms. The van der Waals surface area contributed by atoms with Crippen LogP contribution in [0.25, 0.3) is 27.3 Å². The molecule has 4 aromatic heterocycles. The van der Waals surface area contributed by atoms with Gasteiger partial charge in [-0.25, -0.2) is 14.3 Å². The molecule has 0 atom stereocenters. The predicted octanol–water partition coefficient (Wildman–Crippen LogP) is 3.97. The lowest BCUT2D eigenvalue weighted by molar-refractivity contribution is 0.102. The Morgan fingerprint density at radius 3 is 2.81 bits per heavy atom. The second-order valence-electron chi connectivity index (χ2n) is 7.21. The van der Waals surface area contributed by atoms with Crippen LogP contribution >= 0.6 is 11.3 Å². The Labute approximate surface area is 181 Å². The Morgan fingerprint density at radius 2 is 2.06 bits per heavy atom. The minimum absolute atomic E-state index is 0.118. The SMILES string of the molecule is CC(C)n1ncc2c(C(=O)Nc3cccc(-n4cnnn4)c3)cc(-c3cccs3)nc21. The van der Waals surface area contributed by atoms with Crippen LogP contribution in [0.1, 0.15) is 30.2 Å². The highest BCUT2D eigenvalue weighted by molar-refractivity contribution is 7.13. The molecule has 154 valence electrons. The number of fused-ring (bicyclic) bond motifs is 1. The van der Waals surface area contributed by atoms with Crippen LogP contribution in [0.2, 0.25) is 0 Å². The first-order valence-corrected chi connectivity index (χ1v) is 10.5. The lowest BCUT2D eigenvalue weighted by atomic mass is 10.1. The van der Waals surface area contributed by atoms with Crippen LogP contribution < -0.4 is 5.32 Å². The molecule has 0 aliphatic rings. The maximum absolute atomic E-state index is 13.3. The van der Waals surface area contributed by atoms with Crippen molar-refractivity contribution in [3.8, 4) is 16.3 Å². The van der Waals surface area contributed by atoms with Crippen LogP contribution in [-0.4, -0.2) is 40.9 Å². The standard InChI is InChI=1S/C21H18N8OS/c1-13(2)29-20-17(11-23-29)16(10-18(25-20)19-7-4-8-31-19)21(30)24-14-5-3-6-15(9-14)28-12-22-26-27-28/h3-13H,1-2H3,(H,24,30). The van der Waals surface area contributed by atoms with E-state index in [1.165, 1.54) is 11.0 Å². The number of nitrogens with one attached hydrogen (secondary N) is 1. The Hall–Kier alpha value is -3.92. The van der Waals surface area contributed by atoms with Crippen molar-refractivity contribution in [2.45, 2.75) is 19.9 Å². The fourth-order valence-corrected chi connectivity index (χ4v) is 4.02. The molecular weight excluding hydrogens is 412 g/mol. The molecule has 10 heteroatoms.